The van der Waals surface area contributed by atoms with Crippen LogP contribution in [0.2, 0.25) is 7.35 Å². The van der Waals surface area contributed by atoms with Crippen LogP contribution in [-0.2, 0) is 41.6 Å². The van der Waals surface area contributed by atoms with Gasteiger partial charge in [-0.05, 0) is 0 Å². The molecule has 1 aliphatic heterocycles. The summed E-state index contributed by atoms with van der Waals surface area (Å²) in [7, 11) is 0. The van der Waals surface area contributed by atoms with Crippen LogP contribution in [0, 0.1) is 0 Å². The molecule has 0 bridgehead atoms. The maximum Gasteiger partial charge on any atom is -0.147 e. The van der Waals surface area contributed by atoms with Gasteiger partial charge in [-0.1, -0.05) is 0 Å². The summed E-state index contributed by atoms with van der Waals surface area (Å²) >= 11 is -3.26. The quantitative estimate of drug-likeness (QED) is 0.179. The largest absolute Gasteiger partial charge is 0.147 e. The van der Waals surface area contributed by atoms with Crippen LogP contribution in [0.1, 0.15) is 174 Å². The topological polar surface area (TPSA) is 0 Å². The molecule has 4 aromatic carbocycles. The van der Waals surface area contributed by atoms with Crippen molar-refractivity contribution in [2.45, 2.75) is 159 Å². The molecule has 0 spiro atoms. The third kappa shape index (κ3) is 7.50. The number of hydrogen-bond donors (Lipinski definition) is 0. The summed E-state index contributed by atoms with van der Waals surface area (Å²) in [5.41, 5.74) is 21.6. The van der Waals surface area contributed by atoms with Crippen molar-refractivity contribution in [3.63, 3.8) is 0 Å². The van der Waals surface area contributed by atoms with Crippen molar-refractivity contribution in [3.8, 4) is 22.3 Å². The smallest absolute Gasteiger partial charge is 0.147 e. The van der Waals surface area contributed by atoms with Crippen LogP contribution in [0.5, 0.6) is 0 Å². The van der Waals surface area contributed by atoms with Crippen LogP contribution in [-0.4, -0.2) is 0 Å². The molecule has 0 aromatic heterocycles. The molecule has 8 rings (SSSR count). The van der Waals surface area contributed by atoms with E-state index in [0.29, 0.717) is 7.35 Å². The average Bonchev–Trinajstić information content (AvgIpc) is 3.40. The second-order valence-corrected chi connectivity index (χ2v) is 39.0. The molecule has 4 unspecified atom stereocenters. The number of halogens is 2. The van der Waals surface area contributed by atoms with E-state index >= 15 is 0 Å². The van der Waals surface area contributed by atoms with Crippen molar-refractivity contribution < 1.29 is 20.0 Å². The first-order chi connectivity index (χ1) is 25.6. The second-order valence-electron chi connectivity index (χ2n) is 22.4. The number of hydrogen-bond acceptors (Lipinski definition) is 0. The Balaban J connectivity index is 0.00000275. The number of rotatable bonds is 4. The maximum absolute atomic E-state index is 3.26. The average molecular weight is 969 g/mol. The molecule has 3 aliphatic carbocycles. The van der Waals surface area contributed by atoms with Crippen LogP contribution in [0.4, 0.5) is 0 Å². The van der Waals surface area contributed by atoms with Crippen molar-refractivity contribution in [2.24, 2.45) is 0 Å². The Bertz CT molecular complexity index is 2030. The van der Waals surface area contributed by atoms with Crippen molar-refractivity contribution >= 4 is 37.0 Å². The number of benzene rings is 4. The van der Waals surface area contributed by atoms with E-state index in [-0.39, 0.29) is 46.5 Å². The van der Waals surface area contributed by atoms with Crippen molar-refractivity contribution in [1.29, 1.82) is 0 Å². The molecule has 1 saturated heterocycles. The first kappa shape index (κ1) is 44.4. The zero-order valence-corrected chi connectivity index (χ0v) is 42.8. The van der Waals surface area contributed by atoms with E-state index in [0.717, 1.165) is 7.35 Å². The predicted molar refractivity (Wildman–Crippen MR) is 252 cm³/mol. The SMILES string of the molecule is CC1=Cc2c(-c3cc(C(C)(C)C)cc(C(C)(C)C)c3)cccc2[CH]1[Hf]1([CH]2C(C)=Cc3c(-c4cc(C(C)(C)C)cc(C(C)(C)C)c4)cccc32)[CH]2CCCC[CH]21.Cl.Cl. The minimum absolute atomic E-state index is 0. The summed E-state index contributed by atoms with van der Waals surface area (Å²) in [4.78, 5) is 0. The van der Waals surface area contributed by atoms with Crippen molar-refractivity contribution in [2.75, 3.05) is 0 Å². The van der Waals surface area contributed by atoms with E-state index in [4.69, 9.17) is 0 Å². The molecular weight excluding hydrogens is 898 g/mol. The van der Waals surface area contributed by atoms with Gasteiger partial charge in [0.15, 0.2) is 0 Å². The minimum atomic E-state index is -3.26. The van der Waals surface area contributed by atoms with Crippen LogP contribution in [0.25, 0.3) is 34.4 Å². The zero-order valence-electron chi connectivity index (χ0n) is 37.5. The normalized spacial score (nSPS) is 24.0. The molecule has 2 fully saturated rings. The van der Waals surface area contributed by atoms with Crippen LogP contribution < -0.4 is 0 Å². The maximum atomic E-state index is 2.67. The van der Waals surface area contributed by atoms with Gasteiger partial charge >= 0.3 is 342 Å². The molecule has 4 aromatic rings. The van der Waals surface area contributed by atoms with Gasteiger partial charge in [-0.15, -0.1) is 24.8 Å². The molecule has 57 heavy (non-hydrogen) atoms. The molecule has 4 aliphatic rings. The summed E-state index contributed by atoms with van der Waals surface area (Å²) < 4.78 is 3.28. The summed E-state index contributed by atoms with van der Waals surface area (Å²) in [6.45, 7) is 33.5. The molecule has 0 nitrogen and oxygen atoms in total. The molecular formula is C54H70Cl2Hf. The van der Waals surface area contributed by atoms with E-state index in [2.05, 4.69) is 182 Å². The number of fused-ring (bicyclic) bond motifs is 3. The van der Waals surface area contributed by atoms with Gasteiger partial charge in [-0.3, -0.25) is 0 Å². The van der Waals surface area contributed by atoms with Gasteiger partial charge in [-0.2, -0.15) is 0 Å². The zero-order chi connectivity index (χ0) is 39.6. The Morgan fingerprint density at radius 2 is 0.772 bits per heavy atom. The molecule has 3 heteroatoms. The molecule has 304 valence electrons. The van der Waals surface area contributed by atoms with Crippen molar-refractivity contribution in [1.82, 2.24) is 0 Å². The van der Waals surface area contributed by atoms with Gasteiger partial charge < -0.3 is 0 Å². The van der Waals surface area contributed by atoms with Crippen molar-refractivity contribution in [3.05, 3.63) is 128 Å². The first-order valence-electron chi connectivity index (χ1n) is 21.6. The van der Waals surface area contributed by atoms with Gasteiger partial charge in [-0.25, -0.2) is 0 Å². The Kier molecular flexibility index (Phi) is 11.7. The standard InChI is InChI=1S/2C24H29.C6H10.2ClH.Hf/c2*1-16-11-17-9-8-10-21(22(17)12-16)18-13-19(23(2,3)4)15-20(14-18)24(5,6)7;1-2-4-6-5-3-1;;;/h2*8-15H,1-7H3;1-2H,3-6H2;2*1H;. The molecule has 1 saturated carbocycles. The minimum Gasteiger partial charge on any atom is -0.147 e. The third-order valence-electron chi connectivity index (χ3n) is 14.4. The summed E-state index contributed by atoms with van der Waals surface area (Å²) in [5.74, 6) is 0. The summed E-state index contributed by atoms with van der Waals surface area (Å²) in [5, 5.41) is 0. The van der Waals surface area contributed by atoms with Gasteiger partial charge in [0, 0.05) is 0 Å². The Morgan fingerprint density at radius 3 is 1.07 bits per heavy atom. The van der Waals surface area contributed by atoms with E-state index in [1.165, 1.54) is 81.3 Å². The van der Waals surface area contributed by atoms with Crippen LogP contribution in [0.3, 0.4) is 0 Å². The van der Waals surface area contributed by atoms with Gasteiger partial charge in [0.25, 0.3) is 0 Å². The molecule has 4 atom stereocenters. The Morgan fingerprint density at radius 1 is 0.456 bits per heavy atom. The second kappa shape index (κ2) is 15.1. The molecule has 0 amide bonds. The van der Waals surface area contributed by atoms with E-state index in [1.807, 2.05) is 0 Å². The van der Waals surface area contributed by atoms with E-state index in [9.17, 15) is 0 Å². The summed E-state index contributed by atoms with van der Waals surface area (Å²) in [6.07, 6.45) is 11.1. The van der Waals surface area contributed by atoms with Gasteiger partial charge in [0.05, 0.1) is 0 Å². The van der Waals surface area contributed by atoms with Gasteiger partial charge in [0.2, 0.25) is 0 Å². The van der Waals surface area contributed by atoms with Gasteiger partial charge in [0.1, 0.15) is 0 Å². The van der Waals surface area contributed by atoms with Crippen LogP contribution >= 0.6 is 24.8 Å². The molecule has 0 radical (unpaired) electrons. The monoisotopic (exact) mass is 968 g/mol. The Hall–Kier alpha value is -2.19. The molecule has 0 N–H and O–H groups in total. The number of allylic oxidation sites excluding steroid dienone is 2. The molecule has 1 heterocycles. The fourth-order valence-corrected chi connectivity index (χ4v) is 46.9. The predicted octanol–water partition coefficient (Wildman–Crippen LogP) is 17.0. The first-order valence-corrected chi connectivity index (χ1v) is 29.9. The summed E-state index contributed by atoms with van der Waals surface area (Å²) in [6, 6.07) is 29.8. The van der Waals surface area contributed by atoms with Crippen LogP contribution in [0.15, 0.2) is 83.9 Å². The fourth-order valence-electron chi connectivity index (χ4n) is 11.5. The fraction of sp³-hybridized carbons (Fsp3) is 0.481. The van der Waals surface area contributed by atoms with E-state index in [1.54, 1.807) is 22.3 Å². The van der Waals surface area contributed by atoms with E-state index < -0.39 is 20.0 Å². The Labute approximate surface area is 364 Å². The third-order valence-corrected chi connectivity index (χ3v) is 40.0.